The van der Waals surface area contributed by atoms with Crippen molar-refractivity contribution in [3.63, 3.8) is 0 Å². The number of carbonyl (C=O) groups excluding carboxylic acids is 1. The van der Waals surface area contributed by atoms with Gasteiger partial charge in [-0.15, -0.1) is 0 Å². The van der Waals surface area contributed by atoms with Gasteiger partial charge < -0.3 is 15.0 Å². The summed E-state index contributed by atoms with van der Waals surface area (Å²) in [5.41, 5.74) is 2.38. The van der Waals surface area contributed by atoms with E-state index in [1.54, 1.807) is 7.11 Å². The van der Waals surface area contributed by atoms with E-state index in [9.17, 15) is 4.79 Å². The Labute approximate surface area is 176 Å². The molecule has 1 amide bonds. The number of hydrogen-bond acceptors (Lipinski definition) is 3. The number of amides is 1. The Morgan fingerprint density at radius 3 is 2.48 bits per heavy atom. The van der Waals surface area contributed by atoms with Crippen molar-refractivity contribution in [2.45, 2.75) is 63.8 Å². The van der Waals surface area contributed by atoms with Crippen molar-refractivity contribution >= 4 is 5.91 Å². The van der Waals surface area contributed by atoms with Gasteiger partial charge in [0.2, 0.25) is 5.91 Å². The summed E-state index contributed by atoms with van der Waals surface area (Å²) in [4.78, 5) is 16.3. The second kappa shape index (κ2) is 8.77. The summed E-state index contributed by atoms with van der Waals surface area (Å²) in [7, 11) is 1.74. The van der Waals surface area contributed by atoms with Crippen LogP contribution in [0, 0.1) is 17.8 Å². The summed E-state index contributed by atoms with van der Waals surface area (Å²) in [5.74, 6) is 2.51. The van der Waals surface area contributed by atoms with E-state index in [1.165, 1.54) is 36.8 Å². The fourth-order valence-electron chi connectivity index (χ4n) is 6.28. The number of hydrogen-bond donors (Lipinski definition) is 1. The zero-order chi connectivity index (χ0) is 20.4. The maximum atomic E-state index is 14.0. The molecule has 3 aliphatic rings. The Hall–Kier alpha value is -1.39. The van der Waals surface area contributed by atoms with Gasteiger partial charge in [0.15, 0.2) is 0 Å². The van der Waals surface area contributed by atoms with Crippen LogP contribution in [0.3, 0.4) is 0 Å². The first-order chi connectivity index (χ1) is 14.1. The summed E-state index contributed by atoms with van der Waals surface area (Å²) in [5, 5.41) is 3.46. The van der Waals surface area contributed by atoms with Crippen molar-refractivity contribution in [1.82, 2.24) is 10.2 Å². The van der Waals surface area contributed by atoms with Crippen LogP contribution in [0.2, 0.25) is 0 Å². The summed E-state index contributed by atoms with van der Waals surface area (Å²) in [6.45, 7) is 7.87. The van der Waals surface area contributed by atoms with Crippen LogP contribution in [0.5, 0.6) is 0 Å². The molecule has 1 saturated heterocycles. The third-order valence-electron chi connectivity index (χ3n) is 8.00. The molecule has 1 aromatic rings. The molecule has 1 saturated carbocycles. The lowest BCUT2D eigenvalue weighted by Crippen LogP contribution is -2.58. The molecule has 1 aromatic carbocycles. The van der Waals surface area contributed by atoms with E-state index in [2.05, 4.69) is 48.3 Å². The van der Waals surface area contributed by atoms with Gasteiger partial charge in [-0.25, -0.2) is 0 Å². The van der Waals surface area contributed by atoms with Gasteiger partial charge in [-0.3, -0.25) is 4.79 Å². The van der Waals surface area contributed by atoms with Gasteiger partial charge in [0.1, 0.15) is 0 Å². The molecule has 1 atom stereocenters. The maximum absolute atomic E-state index is 14.0. The molecule has 1 aliphatic carbocycles. The number of fused-ring (bicyclic) bond motifs is 2. The van der Waals surface area contributed by atoms with E-state index >= 15 is 0 Å². The SMILES string of the molecule is COCCN1C(=O)C2(CCNCC2)c2ccccc2C1[C@H]1CC[C@@H](C(C)C)CC1. The minimum absolute atomic E-state index is 0.211. The molecular weight excluding hydrogens is 360 g/mol. The first-order valence-electron chi connectivity index (χ1n) is 11.7. The second-order valence-electron chi connectivity index (χ2n) is 9.77. The zero-order valence-electron chi connectivity index (χ0n) is 18.5. The minimum atomic E-state index is -0.346. The topological polar surface area (TPSA) is 41.6 Å². The minimum Gasteiger partial charge on any atom is -0.383 e. The highest BCUT2D eigenvalue weighted by Gasteiger charge is 2.52. The normalized spacial score (nSPS) is 29.3. The van der Waals surface area contributed by atoms with Crippen LogP contribution in [-0.2, 0) is 14.9 Å². The second-order valence-corrected chi connectivity index (χ2v) is 9.77. The Kier molecular flexibility index (Phi) is 6.31. The molecule has 1 N–H and O–H groups in total. The lowest BCUT2D eigenvalue weighted by Gasteiger charge is -2.52. The van der Waals surface area contributed by atoms with Gasteiger partial charge in [-0.1, -0.05) is 38.1 Å². The molecule has 0 bridgehead atoms. The Bertz CT molecular complexity index is 703. The molecule has 1 unspecified atom stereocenters. The maximum Gasteiger partial charge on any atom is 0.233 e. The van der Waals surface area contributed by atoms with E-state index in [-0.39, 0.29) is 11.5 Å². The molecule has 0 aromatic heterocycles. The van der Waals surface area contributed by atoms with Crippen LogP contribution in [0.25, 0.3) is 0 Å². The fraction of sp³-hybridized carbons (Fsp3) is 0.720. The van der Waals surface area contributed by atoms with Crippen LogP contribution in [0.15, 0.2) is 24.3 Å². The van der Waals surface area contributed by atoms with Gasteiger partial charge >= 0.3 is 0 Å². The number of rotatable bonds is 5. The summed E-state index contributed by atoms with van der Waals surface area (Å²) in [6.07, 6.45) is 6.85. The number of carbonyl (C=O) groups is 1. The highest BCUT2D eigenvalue weighted by atomic mass is 16.5. The quantitative estimate of drug-likeness (QED) is 0.804. The molecule has 4 heteroatoms. The summed E-state index contributed by atoms with van der Waals surface area (Å²) < 4.78 is 5.43. The number of nitrogens with one attached hydrogen (secondary N) is 1. The molecule has 4 rings (SSSR count). The third-order valence-corrected chi connectivity index (χ3v) is 8.00. The summed E-state index contributed by atoms with van der Waals surface area (Å²) in [6, 6.07) is 9.07. The average Bonchev–Trinajstić information content (AvgIpc) is 2.76. The van der Waals surface area contributed by atoms with Crippen LogP contribution >= 0.6 is 0 Å². The molecule has 2 aliphatic heterocycles. The van der Waals surface area contributed by atoms with Crippen molar-refractivity contribution in [2.24, 2.45) is 17.8 Å². The van der Waals surface area contributed by atoms with Crippen molar-refractivity contribution in [3.8, 4) is 0 Å². The van der Waals surface area contributed by atoms with E-state index in [1.807, 2.05) is 0 Å². The highest BCUT2D eigenvalue weighted by Crippen LogP contribution is 2.51. The molecule has 1 spiro atoms. The lowest BCUT2D eigenvalue weighted by molar-refractivity contribution is -0.146. The van der Waals surface area contributed by atoms with E-state index in [0.29, 0.717) is 25.0 Å². The van der Waals surface area contributed by atoms with Crippen molar-refractivity contribution in [3.05, 3.63) is 35.4 Å². The lowest BCUT2D eigenvalue weighted by atomic mass is 9.64. The van der Waals surface area contributed by atoms with Gasteiger partial charge in [-0.05, 0) is 80.5 Å². The van der Waals surface area contributed by atoms with Gasteiger partial charge in [0, 0.05) is 13.7 Å². The number of piperidine rings is 1. The van der Waals surface area contributed by atoms with Gasteiger partial charge in [0.05, 0.1) is 18.1 Å². The molecule has 29 heavy (non-hydrogen) atoms. The molecule has 160 valence electrons. The first-order valence-corrected chi connectivity index (χ1v) is 11.7. The third kappa shape index (κ3) is 3.74. The molecule has 0 radical (unpaired) electrons. The van der Waals surface area contributed by atoms with Crippen LogP contribution in [0.1, 0.15) is 69.5 Å². The predicted octanol–water partition coefficient (Wildman–Crippen LogP) is 4.30. The Balaban J connectivity index is 1.71. The Morgan fingerprint density at radius 1 is 1.14 bits per heavy atom. The zero-order valence-corrected chi connectivity index (χ0v) is 18.5. The summed E-state index contributed by atoms with van der Waals surface area (Å²) >= 11 is 0. The molecule has 2 heterocycles. The van der Waals surface area contributed by atoms with Crippen molar-refractivity contribution in [1.29, 1.82) is 0 Å². The average molecular weight is 399 g/mol. The monoisotopic (exact) mass is 398 g/mol. The van der Waals surface area contributed by atoms with Crippen molar-refractivity contribution in [2.75, 3.05) is 33.4 Å². The first kappa shape index (κ1) is 20.9. The Morgan fingerprint density at radius 2 is 1.83 bits per heavy atom. The van der Waals surface area contributed by atoms with E-state index in [4.69, 9.17) is 4.74 Å². The van der Waals surface area contributed by atoms with E-state index in [0.717, 1.165) is 37.8 Å². The highest BCUT2D eigenvalue weighted by molar-refractivity contribution is 5.91. The van der Waals surface area contributed by atoms with E-state index < -0.39 is 0 Å². The smallest absolute Gasteiger partial charge is 0.233 e. The van der Waals surface area contributed by atoms with Crippen LogP contribution < -0.4 is 5.32 Å². The predicted molar refractivity (Wildman–Crippen MR) is 117 cm³/mol. The van der Waals surface area contributed by atoms with Crippen molar-refractivity contribution < 1.29 is 9.53 Å². The number of methoxy groups -OCH3 is 1. The standard InChI is InChI=1S/C25H38N2O2/c1-18(2)19-8-10-20(11-9-19)23-21-6-4-5-7-22(21)25(12-14-26-15-13-25)24(28)27(23)16-17-29-3/h4-7,18-20,23,26H,8-17H2,1-3H3/t19-,20+,23?. The molecule has 4 nitrogen and oxygen atoms in total. The fourth-order valence-corrected chi connectivity index (χ4v) is 6.28. The number of ether oxygens (including phenoxy) is 1. The molecular formula is C25H38N2O2. The number of nitrogens with zero attached hydrogens (tertiary/aromatic N) is 1. The van der Waals surface area contributed by atoms with Crippen LogP contribution in [0.4, 0.5) is 0 Å². The van der Waals surface area contributed by atoms with Crippen LogP contribution in [-0.4, -0.2) is 44.2 Å². The van der Waals surface area contributed by atoms with Gasteiger partial charge in [0.25, 0.3) is 0 Å². The number of benzene rings is 1. The van der Waals surface area contributed by atoms with Gasteiger partial charge in [-0.2, -0.15) is 0 Å². The molecule has 2 fully saturated rings. The largest absolute Gasteiger partial charge is 0.383 e.